The minimum absolute atomic E-state index is 0.0915. The summed E-state index contributed by atoms with van der Waals surface area (Å²) in [5.41, 5.74) is 0.341. The Morgan fingerprint density at radius 1 is 1.07 bits per heavy atom. The van der Waals surface area contributed by atoms with Crippen molar-refractivity contribution in [2.75, 3.05) is 24.5 Å². The molecule has 0 unspecified atom stereocenters. The number of anilines is 1. The average Bonchev–Trinajstić information content (AvgIpc) is 2.95. The Morgan fingerprint density at radius 3 is 2.24 bits per heavy atom. The fraction of sp³-hybridized carbons (Fsp3) is 0.286. The molecule has 0 spiro atoms. The van der Waals surface area contributed by atoms with Crippen molar-refractivity contribution in [3.63, 3.8) is 0 Å². The second-order valence-corrected chi connectivity index (χ2v) is 11.9. The van der Waals surface area contributed by atoms with Gasteiger partial charge in [-0.25, -0.2) is 8.42 Å². The number of carbonyl (C=O) groups is 2. The van der Waals surface area contributed by atoms with E-state index >= 15 is 0 Å². The summed E-state index contributed by atoms with van der Waals surface area (Å²) in [6.07, 6.45) is 0. The molecule has 0 fully saturated rings. The summed E-state index contributed by atoms with van der Waals surface area (Å²) in [6, 6.07) is 13.2. The summed E-state index contributed by atoms with van der Waals surface area (Å²) in [7, 11) is -3.09. The minimum atomic E-state index is -4.53. The first-order chi connectivity index (χ1) is 19.8. The number of nitrogens with one attached hydrogen (secondary N) is 1. The van der Waals surface area contributed by atoms with Gasteiger partial charge in [0.1, 0.15) is 18.3 Å². The number of benzene rings is 3. The van der Waals surface area contributed by atoms with Crippen LogP contribution in [-0.4, -0.2) is 56.3 Å². The monoisotopic (exact) mass is 636 g/mol. The van der Waals surface area contributed by atoms with E-state index in [4.69, 9.17) is 27.9 Å². The molecule has 0 saturated carbocycles. The highest BCUT2D eigenvalue weighted by Gasteiger charge is 2.34. The number of carbonyl (C=O) groups excluding carboxylic acids is 2. The highest BCUT2D eigenvalue weighted by Crippen LogP contribution is 2.30. The van der Waals surface area contributed by atoms with Crippen molar-refractivity contribution in [2.24, 2.45) is 0 Å². The highest BCUT2D eigenvalue weighted by molar-refractivity contribution is 7.92. The molecule has 11 nitrogen and oxygen atoms in total. The Bertz CT molecular complexity index is 1560. The normalized spacial score (nSPS) is 11.9. The molecule has 0 aliphatic rings. The molecule has 0 saturated heterocycles. The zero-order valence-electron chi connectivity index (χ0n) is 23.3. The third-order valence-corrected chi connectivity index (χ3v) is 8.99. The molecule has 0 bridgehead atoms. The van der Waals surface area contributed by atoms with Crippen molar-refractivity contribution in [1.82, 2.24) is 10.2 Å². The predicted octanol–water partition coefficient (Wildman–Crippen LogP) is 4.97. The van der Waals surface area contributed by atoms with Gasteiger partial charge in [0.15, 0.2) is 0 Å². The van der Waals surface area contributed by atoms with Gasteiger partial charge in [-0.05, 0) is 63.2 Å². The molecule has 0 aliphatic heterocycles. The SMILES string of the molecule is CCNC(=O)[C@@H](C)N(Cc1c(Cl)cccc1Cl)C(=O)CN(c1ccc(OC)cc1)S(=O)(=O)c1ccc(C)c([N+](=O)[O-])c1. The van der Waals surface area contributed by atoms with Crippen LogP contribution in [0.15, 0.2) is 65.6 Å². The fourth-order valence-corrected chi connectivity index (χ4v) is 6.06. The second kappa shape index (κ2) is 13.9. The fourth-order valence-electron chi connectivity index (χ4n) is 4.11. The number of nitro groups is 1. The molecule has 3 aromatic rings. The van der Waals surface area contributed by atoms with Gasteiger partial charge in [0.05, 0.1) is 22.6 Å². The predicted molar refractivity (Wildman–Crippen MR) is 161 cm³/mol. The molecular weight excluding hydrogens is 607 g/mol. The van der Waals surface area contributed by atoms with E-state index in [1.165, 1.54) is 62.3 Å². The van der Waals surface area contributed by atoms with Crippen molar-refractivity contribution < 1.29 is 27.7 Å². The lowest BCUT2D eigenvalue weighted by atomic mass is 10.1. The molecule has 0 aromatic heterocycles. The number of sulfonamides is 1. The molecule has 42 heavy (non-hydrogen) atoms. The minimum Gasteiger partial charge on any atom is -0.497 e. The number of nitrogens with zero attached hydrogens (tertiary/aromatic N) is 3. The van der Waals surface area contributed by atoms with Gasteiger partial charge in [0.2, 0.25) is 11.8 Å². The van der Waals surface area contributed by atoms with E-state index in [9.17, 15) is 28.1 Å². The number of aryl methyl sites for hydroxylation is 1. The first-order valence-corrected chi connectivity index (χ1v) is 14.9. The summed E-state index contributed by atoms with van der Waals surface area (Å²) in [4.78, 5) is 38.5. The molecule has 224 valence electrons. The van der Waals surface area contributed by atoms with Crippen LogP contribution in [0.5, 0.6) is 5.75 Å². The Kier molecular flexibility index (Phi) is 10.8. The van der Waals surface area contributed by atoms with E-state index in [2.05, 4.69) is 5.32 Å². The molecule has 0 radical (unpaired) electrons. The van der Waals surface area contributed by atoms with Crippen molar-refractivity contribution in [3.05, 3.63) is 92.0 Å². The molecule has 3 aromatic carbocycles. The van der Waals surface area contributed by atoms with Gasteiger partial charge in [-0.3, -0.25) is 24.0 Å². The number of methoxy groups -OCH3 is 1. The number of hydrogen-bond donors (Lipinski definition) is 1. The van der Waals surface area contributed by atoms with Gasteiger partial charge in [0, 0.05) is 40.3 Å². The number of likely N-dealkylation sites (N-methyl/N-ethyl adjacent to an activating group) is 1. The largest absolute Gasteiger partial charge is 0.497 e. The Hall–Kier alpha value is -3.87. The number of hydrogen-bond acceptors (Lipinski definition) is 7. The maximum atomic E-state index is 14.0. The summed E-state index contributed by atoms with van der Waals surface area (Å²) in [5.74, 6) is -0.777. The highest BCUT2D eigenvalue weighted by atomic mass is 35.5. The van der Waals surface area contributed by atoms with E-state index in [0.717, 1.165) is 10.4 Å². The zero-order chi connectivity index (χ0) is 31.2. The van der Waals surface area contributed by atoms with Crippen LogP contribution in [0.2, 0.25) is 10.0 Å². The summed E-state index contributed by atoms with van der Waals surface area (Å²) in [5, 5.41) is 14.7. The van der Waals surface area contributed by atoms with Crippen LogP contribution in [0.4, 0.5) is 11.4 Å². The molecular formula is C28H30Cl2N4O7S. The standard InChI is InChI=1S/C28H30Cl2N4O7S/c1-5-31-28(36)19(3)32(16-23-24(29)7-6-8-25(23)30)27(35)17-33(20-10-12-21(41-4)13-11-20)42(39,40)22-14-9-18(2)26(15-22)34(37)38/h6-15,19H,5,16-17H2,1-4H3,(H,31,36)/t19-/m1/s1. The topological polar surface area (TPSA) is 139 Å². The number of amides is 2. The molecule has 0 aliphatic carbocycles. The van der Waals surface area contributed by atoms with Gasteiger partial charge in [-0.15, -0.1) is 0 Å². The van der Waals surface area contributed by atoms with Crippen molar-refractivity contribution in [2.45, 2.75) is 38.3 Å². The Morgan fingerprint density at radius 2 is 1.69 bits per heavy atom. The maximum absolute atomic E-state index is 14.0. The van der Waals surface area contributed by atoms with Crippen molar-refractivity contribution >= 4 is 56.4 Å². The summed E-state index contributed by atoms with van der Waals surface area (Å²) in [6.45, 7) is 4.07. The smallest absolute Gasteiger partial charge is 0.273 e. The lowest BCUT2D eigenvalue weighted by molar-refractivity contribution is -0.385. The number of nitro benzene ring substituents is 1. The number of rotatable bonds is 12. The van der Waals surface area contributed by atoms with Crippen LogP contribution >= 0.6 is 23.2 Å². The molecule has 14 heteroatoms. The molecule has 0 heterocycles. The van der Waals surface area contributed by atoms with Crippen LogP contribution in [0.1, 0.15) is 25.0 Å². The van der Waals surface area contributed by atoms with Gasteiger partial charge < -0.3 is 15.0 Å². The van der Waals surface area contributed by atoms with Crippen LogP contribution in [0, 0.1) is 17.0 Å². The first kappa shape index (κ1) is 32.6. The lowest BCUT2D eigenvalue weighted by Crippen LogP contribution is -2.51. The van der Waals surface area contributed by atoms with E-state index in [1.807, 2.05) is 0 Å². The van der Waals surface area contributed by atoms with E-state index in [1.54, 1.807) is 25.1 Å². The number of halogens is 2. The van der Waals surface area contributed by atoms with Crippen LogP contribution in [-0.2, 0) is 26.2 Å². The molecule has 1 atom stereocenters. The quantitative estimate of drug-likeness (QED) is 0.219. The third kappa shape index (κ3) is 7.30. The Labute approximate surface area is 254 Å². The molecule has 1 N–H and O–H groups in total. The van der Waals surface area contributed by atoms with Crippen LogP contribution < -0.4 is 14.4 Å². The molecule has 3 rings (SSSR count). The van der Waals surface area contributed by atoms with Crippen LogP contribution in [0.25, 0.3) is 0 Å². The van der Waals surface area contributed by atoms with Crippen molar-refractivity contribution in [3.8, 4) is 5.75 Å². The van der Waals surface area contributed by atoms with Gasteiger partial charge >= 0.3 is 0 Å². The average molecular weight is 638 g/mol. The Balaban J connectivity index is 2.13. The summed E-state index contributed by atoms with van der Waals surface area (Å²) >= 11 is 12.7. The lowest BCUT2D eigenvalue weighted by Gasteiger charge is -2.32. The van der Waals surface area contributed by atoms with E-state index in [0.29, 0.717) is 17.9 Å². The van der Waals surface area contributed by atoms with Gasteiger partial charge in [-0.2, -0.15) is 0 Å². The first-order valence-electron chi connectivity index (χ1n) is 12.7. The van der Waals surface area contributed by atoms with E-state index < -0.39 is 45.0 Å². The number of ether oxygens (including phenoxy) is 1. The van der Waals surface area contributed by atoms with Gasteiger partial charge in [0.25, 0.3) is 15.7 Å². The third-order valence-electron chi connectivity index (χ3n) is 6.51. The van der Waals surface area contributed by atoms with Gasteiger partial charge in [-0.1, -0.05) is 35.3 Å². The maximum Gasteiger partial charge on any atom is 0.273 e. The van der Waals surface area contributed by atoms with Crippen molar-refractivity contribution in [1.29, 1.82) is 0 Å². The van der Waals surface area contributed by atoms with E-state index in [-0.39, 0.29) is 32.7 Å². The summed E-state index contributed by atoms with van der Waals surface area (Å²) < 4.78 is 34.0. The zero-order valence-corrected chi connectivity index (χ0v) is 25.7. The van der Waals surface area contributed by atoms with Crippen LogP contribution in [0.3, 0.4) is 0 Å². The second-order valence-electron chi connectivity index (χ2n) is 9.21. The molecule has 2 amide bonds.